The monoisotopic (exact) mass is 626 g/mol. The van der Waals surface area contributed by atoms with Crippen LogP contribution in [0.2, 0.25) is 0 Å². The Morgan fingerprint density at radius 3 is 1.98 bits per heavy atom. The van der Waals surface area contributed by atoms with E-state index in [2.05, 4.69) is 44.7 Å². The molecule has 6 heteroatoms. The van der Waals surface area contributed by atoms with Crippen molar-refractivity contribution in [3.63, 3.8) is 0 Å². The summed E-state index contributed by atoms with van der Waals surface area (Å²) in [6, 6.07) is 15.9. The van der Waals surface area contributed by atoms with Gasteiger partial charge in [0.2, 0.25) is 5.69 Å². The van der Waals surface area contributed by atoms with E-state index in [9.17, 15) is 19.8 Å². The number of carboxylic acids is 1. The quantitative estimate of drug-likeness (QED) is 0.0907. The van der Waals surface area contributed by atoms with Gasteiger partial charge in [0.25, 0.3) is 0 Å². The van der Waals surface area contributed by atoms with Crippen molar-refractivity contribution in [1.29, 1.82) is 0 Å². The number of benzene rings is 2. The van der Waals surface area contributed by atoms with E-state index in [0.717, 1.165) is 35.7 Å². The molecule has 0 spiro atoms. The molecule has 2 aromatic rings. The average Bonchev–Trinajstić information content (AvgIpc) is 3.26. The van der Waals surface area contributed by atoms with Gasteiger partial charge in [0.1, 0.15) is 6.42 Å². The normalized spacial score (nSPS) is 16.3. The number of hydrogen-bond acceptors (Lipinski definition) is 4. The minimum Gasteiger partial charge on any atom is -0.871 e. The molecule has 1 aliphatic heterocycles. The fraction of sp³-hybridized carbons (Fsp3) is 0.525. The molecule has 0 saturated carbocycles. The van der Waals surface area contributed by atoms with Crippen LogP contribution in [0.25, 0.3) is 5.57 Å². The second-order valence-corrected chi connectivity index (χ2v) is 13.5. The van der Waals surface area contributed by atoms with Crippen molar-refractivity contribution in [2.75, 3.05) is 24.5 Å². The summed E-state index contributed by atoms with van der Waals surface area (Å²) in [4.78, 5) is 27.4. The third-order valence-corrected chi connectivity index (χ3v) is 9.66. The maximum absolute atomic E-state index is 13.5. The van der Waals surface area contributed by atoms with Gasteiger partial charge in [-0.15, -0.1) is 0 Å². The van der Waals surface area contributed by atoms with Crippen molar-refractivity contribution < 1.29 is 24.4 Å². The van der Waals surface area contributed by atoms with Crippen molar-refractivity contribution >= 4 is 34.4 Å². The molecular weight excluding hydrogens is 572 g/mol. The van der Waals surface area contributed by atoms with Gasteiger partial charge < -0.3 is 15.1 Å². The minimum atomic E-state index is -0.887. The molecule has 6 nitrogen and oxygen atoms in total. The predicted molar refractivity (Wildman–Crippen MR) is 187 cm³/mol. The Kier molecular flexibility index (Phi) is 12.8. The standard InChI is InChI=1S/C40H54N2O4/c1-5-7-9-11-13-17-26-41(27-18-14-12-10-8-6-2)31-23-21-30(22-24-31)37-38(45)32(39(37)46)29-35-40(3,4)33-19-15-16-20-34(33)42(35)28-25-36(43)44/h15-16,19-24,29H,5-14,17-18,25-28H2,1-4H3,(H-,43,44,45,46). The lowest BCUT2D eigenvalue weighted by atomic mass is 9.77. The summed E-state index contributed by atoms with van der Waals surface area (Å²) in [5, 5.41) is 22.8. The molecule has 0 unspecified atom stereocenters. The van der Waals surface area contributed by atoms with E-state index in [-0.39, 0.29) is 35.7 Å². The molecule has 0 radical (unpaired) electrons. The topological polar surface area (TPSA) is 83.7 Å². The van der Waals surface area contributed by atoms with Crippen LogP contribution in [0, 0.1) is 0 Å². The first-order valence-electron chi connectivity index (χ1n) is 17.7. The van der Waals surface area contributed by atoms with Gasteiger partial charge in [0.05, 0.1) is 5.41 Å². The highest BCUT2D eigenvalue weighted by Crippen LogP contribution is 2.42. The number of rotatable bonds is 20. The zero-order valence-electron chi connectivity index (χ0n) is 28.6. The number of carbonyl (C=O) groups excluding carboxylic acids is 1. The number of Topliss-reactive ketones (excluding diaryl/α,β-unsaturated/α-hetero) is 1. The maximum Gasteiger partial charge on any atom is 0.309 e. The molecule has 248 valence electrons. The number of aliphatic carboxylic acids is 1. The van der Waals surface area contributed by atoms with E-state index >= 15 is 0 Å². The third kappa shape index (κ3) is 8.37. The van der Waals surface area contributed by atoms with Gasteiger partial charge in [-0.25, -0.2) is 0 Å². The predicted octanol–water partition coefficient (Wildman–Crippen LogP) is 8.35. The first kappa shape index (κ1) is 35.2. The Balaban J connectivity index is 1.52. The summed E-state index contributed by atoms with van der Waals surface area (Å²) in [6.07, 6.45) is 16.8. The molecule has 46 heavy (non-hydrogen) atoms. The van der Waals surface area contributed by atoms with E-state index in [1.807, 2.05) is 41.0 Å². The Morgan fingerprint density at radius 2 is 1.41 bits per heavy atom. The van der Waals surface area contributed by atoms with Gasteiger partial charge in [-0.3, -0.25) is 9.59 Å². The third-order valence-electron chi connectivity index (χ3n) is 9.66. The number of hydrogen-bond donors (Lipinski definition) is 1. The molecule has 0 saturated heterocycles. The summed E-state index contributed by atoms with van der Waals surface area (Å²) in [5.74, 6) is -1.38. The molecule has 0 aromatic heterocycles. The highest BCUT2D eigenvalue weighted by molar-refractivity contribution is 6.40. The summed E-state index contributed by atoms with van der Waals surface area (Å²) in [5.41, 5.74) is 4.50. The van der Waals surface area contributed by atoms with Crippen molar-refractivity contribution in [2.45, 2.75) is 117 Å². The van der Waals surface area contributed by atoms with Gasteiger partial charge in [-0.2, -0.15) is 4.58 Å². The lowest BCUT2D eigenvalue weighted by Gasteiger charge is -2.31. The van der Waals surface area contributed by atoms with Gasteiger partial charge in [0, 0.05) is 47.6 Å². The first-order chi connectivity index (χ1) is 22.2. The number of ketones is 1. The number of nitrogens with zero attached hydrogens (tertiary/aromatic N) is 2. The lowest BCUT2D eigenvalue weighted by Crippen LogP contribution is -2.34. The van der Waals surface area contributed by atoms with Gasteiger partial charge in [0.15, 0.2) is 18.0 Å². The van der Waals surface area contributed by atoms with Crippen LogP contribution >= 0.6 is 0 Å². The van der Waals surface area contributed by atoms with Gasteiger partial charge in [-0.05, 0) is 44.4 Å². The fourth-order valence-corrected chi connectivity index (χ4v) is 6.87. The van der Waals surface area contributed by atoms with Crippen LogP contribution in [0.5, 0.6) is 0 Å². The molecule has 0 amide bonds. The molecule has 0 atom stereocenters. The fourth-order valence-electron chi connectivity index (χ4n) is 6.87. The van der Waals surface area contributed by atoms with Crippen LogP contribution in [-0.2, 0) is 15.0 Å². The molecule has 1 N–H and O–H groups in total. The summed E-state index contributed by atoms with van der Waals surface area (Å²) >= 11 is 0. The number of carbonyl (C=O) groups is 2. The van der Waals surface area contributed by atoms with Gasteiger partial charge in [-0.1, -0.05) is 114 Å². The van der Waals surface area contributed by atoms with Crippen LogP contribution in [-0.4, -0.2) is 46.8 Å². The highest BCUT2D eigenvalue weighted by atomic mass is 16.4. The molecular formula is C40H54N2O4. The maximum atomic E-state index is 13.5. The SMILES string of the molecule is CCCCCCCCN(CCCCCCCC)c1ccc(C2=C([O-])C(=CC3=[N+](CCC(=O)O)c4ccccc4C3(C)C)C2=O)cc1. The molecule has 1 aliphatic carbocycles. The number of para-hydroxylation sites is 1. The first-order valence-corrected chi connectivity index (χ1v) is 17.7. The highest BCUT2D eigenvalue weighted by Gasteiger charge is 2.45. The lowest BCUT2D eigenvalue weighted by molar-refractivity contribution is -0.436. The molecule has 0 bridgehead atoms. The number of allylic oxidation sites excluding steroid dienone is 3. The van der Waals surface area contributed by atoms with Crippen LogP contribution in [0.15, 0.2) is 65.9 Å². The van der Waals surface area contributed by atoms with Crippen molar-refractivity contribution in [2.24, 2.45) is 0 Å². The van der Waals surface area contributed by atoms with Crippen molar-refractivity contribution in [3.8, 4) is 0 Å². The smallest absolute Gasteiger partial charge is 0.309 e. The summed E-state index contributed by atoms with van der Waals surface area (Å²) < 4.78 is 1.95. The van der Waals surface area contributed by atoms with E-state index in [1.54, 1.807) is 6.08 Å². The Hall–Kier alpha value is -3.67. The second-order valence-electron chi connectivity index (χ2n) is 13.5. The number of unbranched alkanes of at least 4 members (excludes halogenated alkanes) is 10. The largest absolute Gasteiger partial charge is 0.871 e. The van der Waals surface area contributed by atoms with Crippen molar-refractivity contribution in [1.82, 2.24) is 0 Å². The average molecular weight is 627 g/mol. The van der Waals surface area contributed by atoms with Gasteiger partial charge >= 0.3 is 5.97 Å². The van der Waals surface area contributed by atoms with E-state index < -0.39 is 11.4 Å². The molecule has 2 aliphatic rings. The Bertz CT molecular complexity index is 1430. The Morgan fingerprint density at radius 1 is 0.848 bits per heavy atom. The molecule has 0 fully saturated rings. The van der Waals surface area contributed by atoms with Crippen LogP contribution in [0.4, 0.5) is 11.4 Å². The second kappa shape index (κ2) is 16.8. The van der Waals surface area contributed by atoms with Crippen LogP contribution in [0.3, 0.4) is 0 Å². The summed E-state index contributed by atoms with van der Waals surface area (Å²) in [6.45, 7) is 10.9. The number of carboxylic acid groups (broad SMARTS) is 1. The minimum absolute atomic E-state index is 0.0442. The van der Waals surface area contributed by atoms with Crippen LogP contribution in [0.1, 0.15) is 122 Å². The van der Waals surface area contributed by atoms with E-state index in [4.69, 9.17) is 0 Å². The Labute approximate surface area is 276 Å². The molecule has 4 rings (SSSR count). The zero-order chi connectivity index (χ0) is 33.1. The van der Waals surface area contributed by atoms with Crippen molar-refractivity contribution in [3.05, 3.63) is 77.1 Å². The molecule has 1 heterocycles. The number of anilines is 1. The molecule has 2 aromatic carbocycles. The number of fused-ring (bicyclic) bond motifs is 1. The van der Waals surface area contributed by atoms with E-state index in [0.29, 0.717) is 5.56 Å². The zero-order valence-corrected chi connectivity index (χ0v) is 28.6. The van der Waals surface area contributed by atoms with E-state index in [1.165, 1.54) is 77.0 Å². The van der Waals surface area contributed by atoms with Crippen LogP contribution < -0.4 is 10.0 Å². The summed E-state index contributed by atoms with van der Waals surface area (Å²) in [7, 11) is 0.